The van der Waals surface area contributed by atoms with Crippen LogP contribution in [0.3, 0.4) is 0 Å². The summed E-state index contributed by atoms with van der Waals surface area (Å²) in [7, 11) is 0. The fraction of sp³-hybridized carbons (Fsp3) is 0.577. The van der Waals surface area contributed by atoms with Crippen LogP contribution in [0.4, 0.5) is 0 Å². The first-order chi connectivity index (χ1) is 14.3. The third-order valence-corrected chi connectivity index (χ3v) is 5.14. The van der Waals surface area contributed by atoms with Gasteiger partial charge in [-0.15, -0.1) is 0 Å². The highest BCUT2D eigenvalue weighted by molar-refractivity contribution is 5.76. The lowest BCUT2D eigenvalue weighted by Crippen LogP contribution is -2.47. The number of likely N-dealkylation sites (tertiary alicyclic amines) is 1. The number of rotatable bonds is 14. The number of piperidine rings is 1. The molecule has 1 saturated heterocycles. The highest BCUT2D eigenvalue weighted by Crippen LogP contribution is 2.17. The average molecular weight is 399 g/mol. The zero-order valence-corrected chi connectivity index (χ0v) is 18.5. The average Bonchev–Trinajstić information content (AvgIpc) is 2.75. The van der Waals surface area contributed by atoms with Crippen molar-refractivity contribution < 1.29 is 4.79 Å². The summed E-state index contributed by atoms with van der Waals surface area (Å²) in [5.74, 6) is 0.285. The molecule has 0 aromatic rings. The van der Waals surface area contributed by atoms with E-state index in [1.165, 1.54) is 6.42 Å². The van der Waals surface area contributed by atoms with Crippen LogP contribution in [0.25, 0.3) is 0 Å². The van der Waals surface area contributed by atoms with Crippen molar-refractivity contribution in [3.63, 3.8) is 0 Å². The lowest BCUT2D eigenvalue weighted by atomic mass is 10.0. The molecule has 1 rings (SSSR count). The van der Waals surface area contributed by atoms with E-state index in [4.69, 9.17) is 5.73 Å². The Morgan fingerprint density at radius 3 is 1.97 bits per heavy atom. The van der Waals surface area contributed by atoms with Crippen molar-refractivity contribution in [3.05, 3.63) is 60.8 Å². The molecule has 1 atom stereocenters. The quantitative estimate of drug-likeness (QED) is 0.278. The van der Waals surface area contributed by atoms with Gasteiger partial charge in [0.1, 0.15) is 0 Å². The molecule has 29 heavy (non-hydrogen) atoms. The third kappa shape index (κ3) is 13.1. The summed E-state index contributed by atoms with van der Waals surface area (Å²) < 4.78 is 0. The molecule has 0 aromatic heterocycles. The van der Waals surface area contributed by atoms with Crippen molar-refractivity contribution in [1.29, 1.82) is 0 Å². The van der Waals surface area contributed by atoms with Crippen molar-refractivity contribution in [3.8, 4) is 0 Å². The lowest BCUT2D eigenvalue weighted by Gasteiger charge is -2.35. The molecule has 3 heteroatoms. The van der Waals surface area contributed by atoms with E-state index in [2.05, 4.69) is 67.7 Å². The maximum absolute atomic E-state index is 12.3. The minimum absolute atomic E-state index is 0.268. The molecule has 0 bridgehead atoms. The number of nitrogens with zero attached hydrogens (tertiary/aromatic N) is 1. The smallest absolute Gasteiger partial charge is 0.222 e. The molecule has 1 aliphatic rings. The van der Waals surface area contributed by atoms with E-state index in [1.807, 2.05) is 4.90 Å². The van der Waals surface area contributed by atoms with Crippen LogP contribution in [-0.2, 0) is 4.79 Å². The van der Waals surface area contributed by atoms with E-state index in [0.29, 0.717) is 13.0 Å². The van der Waals surface area contributed by atoms with Crippen LogP contribution in [0.5, 0.6) is 0 Å². The molecule has 1 unspecified atom stereocenters. The standard InChI is InChI=1S/C26H42N2O/c1-2-3-4-5-6-7-8-9-10-11-12-13-14-15-16-17-18-22-26(29)28-23-20-19-21-25(28)24-27/h3-4,6-7,9-10,12-13,15-16,25H,2,5,8,11,14,17-24,27H2,1H3. The van der Waals surface area contributed by atoms with Crippen LogP contribution in [0, 0.1) is 0 Å². The van der Waals surface area contributed by atoms with Gasteiger partial charge in [0.25, 0.3) is 0 Å². The monoisotopic (exact) mass is 398 g/mol. The van der Waals surface area contributed by atoms with Crippen LogP contribution < -0.4 is 5.73 Å². The second-order valence-corrected chi connectivity index (χ2v) is 7.57. The highest BCUT2D eigenvalue weighted by atomic mass is 16.2. The molecule has 0 aliphatic carbocycles. The van der Waals surface area contributed by atoms with Gasteiger partial charge in [0.2, 0.25) is 5.91 Å². The Hall–Kier alpha value is -1.87. The Labute approximate surface area is 179 Å². The van der Waals surface area contributed by atoms with Crippen LogP contribution in [0.15, 0.2) is 60.8 Å². The SMILES string of the molecule is CCC=CCC=CCC=CCC=CCC=CCCCC(=O)N1CCCCC1CN. The summed E-state index contributed by atoms with van der Waals surface area (Å²) in [5.41, 5.74) is 5.81. The molecule has 0 saturated carbocycles. The van der Waals surface area contributed by atoms with Gasteiger partial charge in [-0.05, 0) is 64.2 Å². The van der Waals surface area contributed by atoms with Crippen molar-refractivity contribution >= 4 is 5.91 Å². The Morgan fingerprint density at radius 2 is 1.41 bits per heavy atom. The van der Waals surface area contributed by atoms with Crippen LogP contribution in [0.1, 0.15) is 77.6 Å². The summed E-state index contributed by atoms with van der Waals surface area (Å²) in [4.78, 5) is 14.4. The molecule has 0 aromatic carbocycles. The van der Waals surface area contributed by atoms with E-state index in [0.717, 1.165) is 64.3 Å². The molecule has 1 heterocycles. The molecule has 162 valence electrons. The minimum atomic E-state index is 0.268. The Morgan fingerprint density at radius 1 is 0.862 bits per heavy atom. The molecule has 0 radical (unpaired) electrons. The topological polar surface area (TPSA) is 46.3 Å². The first-order valence-corrected chi connectivity index (χ1v) is 11.5. The molecule has 2 N–H and O–H groups in total. The maximum atomic E-state index is 12.3. The van der Waals surface area contributed by atoms with Crippen molar-refractivity contribution in [2.75, 3.05) is 13.1 Å². The number of allylic oxidation sites excluding steroid dienone is 10. The number of hydrogen-bond donors (Lipinski definition) is 1. The predicted octanol–water partition coefficient (Wildman–Crippen LogP) is 6.25. The Kier molecular flexibility index (Phi) is 15.8. The minimum Gasteiger partial charge on any atom is -0.338 e. The number of unbranched alkanes of at least 4 members (excludes halogenated alkanes) is 1. The lowest BCUT2D eigenvalue weighted by molar-refractivity contribution is -0.134. The summed E-state index contributed by atoms with van der Waals surface area (Å²) in [6, 6.07) is 0.268. The summed E-state index contributed by atoms with van der Waals surface area (Å²) >= 11 is 0. The first-order valence-electron chi connectivity index (χ1n) is 11.5. The maximum Gasteiger partial charge on any atom is 0.222 e. The molecule has 1 fully saturated rings. The number of carbonyl (C=O) groups is 1. The van der Waals surface area contributed by atoms with Crippen molar-refractivity contribution in [2.45, 2.75) is 83.6 Å². The summed E-state index contributed by atoms with van der Waals surface area (Å²) in [5, 5.41) is 0. The molecular weight excluding hydrogens is 356 g/mol. The predicted molar refractivity (Wildman–Crippen MR) is 127 cm³/mol. The van der Waals surface area contributed by atoms with Gasteiger partial charge in [-0.25, -0.2) is 0 Å². The van der Waals surface area contributed by atoms with Gasteiger partial charge >= 0.3 is 0 Å². The summed E-state index contributed by atoms with van der Waals surface area (Å²) in [6.45, 7) is 3.65. The van der Waals surface area contributed by atoms with Crippen LogP contribution in [0.2, 0.25) is 0 Å². The van der Waals surface area contributed by atoms with Gasteiger partial charge in [0, 0.05) is 25.6 Å². The largest absolute Gasteiger partial charge is 0.338 e. The number of hydrogen-bond acceptors (Lipinski definition) is 2. The van der Waals surface area contributed by atoms with E-state index >= 15 is 0 Å². The molecular formula is C26H42N2O. The zero-order chi connectivity index (χ0) is 21.0. The van der Waals surface area contributed by atoms with Crippen LogP contribution >= 0.6 is 0 Å². The zero-order valence-electron chi connectivity index (χ0n) is 18.5. The third-order valence-electron chi connectivity index (χ3n) is 5.14. The van der Waals surface area contributed by atoms with Crippen molar-refractivity contribution in [2.24, 2.45) is 5.73 Å². The van der Waals surface area contributed by atoms with E-state index in [-0.39, 0.29) is 11.9 Å². The Balaban J connectivity index is 2.02. The van der Waals surface area contributed by atoms with Gasteiger partial charge in [-0.1, -0.05) is 67.7 Å². The van der Waals surface area contributed by atoms with E-state index in [9.17, 15) is 4.79 Å². The molecule has 0 spiro atoms. The summed E-state index contributed by atoms with van der Waals surface area (Å²) in [6.07, 6.45) is 33.1. The fourth-order valence-electron chi connectivity index (χ4n) is 3.46. The molecule has 1 aliphatic heterocycles. The number of carbonyl (C=O) groups excluding carboxylic acids is 1. The van der Waals surface area contributed by atoms with E-state index < -0.39 is 0 Å². The normalized spacial score (nSPS) is 18.4. The second kappa shape index (κ2) is 18.2. The van der Waals surface area contributed by atoms with Gasteiger partial charge in [-0.2, -0.15) is 0 Å². The number of amides is 1. The van der Waals surface area contributed by atoms with Crippen molar-refractivity contribution in [1.82, 2.24) is 4.90 Å². The molecule has 3 nitrogen and oxygen atoms in total. The second-order valence-electron chi connectivity index (χ2n) is 7.57. The first kappa shape index (κ1) is 25.2. The van der Waals surface area contributed by atoms with Crippen LogP contribution in [-0.4, -0.2) is 29.9 Å². The van der Waals surface area contributed by atoms with Gasteiger partial charge < -0.3 is 10.6 Å². The van der Waals surface area contributed by atoms with Gasteiger partial charge in [-0.3, -0.25) is 4.79 Å². The number of nitrogens with two attached hydrogens (primary N) is 1. The fourth-order valence-corrected chi connectivity index (χ4v) is 3.46. The van der Waals surface area contributed by atoms with E-state index in [1.54, 1.807) is 0 Å². The molecule has 1 amide bonds. The van der Waals surface area contributed by atoms with Gasteiger partial charge in [0.15, 0.2) is 0 Å². The highest BCUT2D eigenvalue weighted by Gasteiger charge is 2.24. The van der Waals surface area contributed by atoms with Gasteiger partial charge in [0.05, 0.1) is 0 Å². The Bertz CT molecular complexity index is 557.